The van der Waals surface area contributed by atoms with Gasteiger partial charge in [0, 0.05) is 40.1 Å². The fraction of sp³-hybridized carbons (Fsp3) is 0.0625. The molecule has 0 aliphatic carbocycles. The monoisotopic (exact) mass is 291 g/mol. The lowest BCUT2D eigenvalue weighted by Crippen LogP contribution is -2.42. The van der Waals surface area contributed by atoms with Gasteiger partial charge in [0.25, 0.3) is 0 Å². The molecule has 108 valence electrons. The fourth-order valence-electron chi connectivity index (χ4n) is 2.53. The maximum atomic E-state index is 11.1. The summed E-state index contributed by atoms with van der Waals surface area (Å²) in [6.07, 6.45) is 3.55. The molecule has 1 aliphatic heterocycles. The van der Waals surface area contributed by atoms with Gasteiger partial charge in [-0.15, -0.1) is 0 Å². The average molecular weight is 291 g/mol. The highest BCUT2D eigenvalue weighted by atomic mass is 16.2. The summed E-state index contributed by atoms with van der Waals surface area (Å²) in [6, 6.07) is 11.8. The van der Waals surface area contributed by atoms with Crippen LogP contribution in [0.3, 0.4) is 0 Å². The van der Waals surface area contributed by atoms with Crippen LogP contribution >= 0.6 is 0 Å². The van der Waals surface area contributed by atoms with Crippen LogP contribution in [0.2, 0.25) is 0 Å². The minimum absolute atomic E-state index is 0.272. The first-order valence-corrected chi connectivity index (χ1v) is 6.93. The zero-order valence-corrected chi connectivity index (χ0v) is 11.6. The molecule has 3 heterocycles. The second kappa shape index (κ2) is 5.00. The Hall–Kier alpha value is -3.15. The number of nitrogens with zero attached hydrogens (tertiary/aromatic N) is 2. The number of H-pyrrole nitrogens is 1. The van der Waals surface area contributed by atoms with E-state index in [1.54, 1.807) is 12.4 Å². The minimum Gasteiger partial charge on any atom is -0.355 e. The van der Waals surface area contributed by atoms with Gasteiger partial charge in [0.15, 0.2) is 0 Å². The summed E-state index contributed by atoms with van der Waals surface area (Å²) < 4.78 is 0. The Balaban J connectivity index is 1.74. The topological polar surface area (TPSA) is 82.2 Å². The van der Waals surface area contributed by atoms with E-state index in [1.807, 2.05) is 24.3 Å². The van der Waals surface area contributed by atoms with Crippen LogP contribution in [-0.2, 0) is 0 Å². The van der Waals surface area contributed by atoms with E-state index in [0.29, 0.717) is 6.54 Å². The molecule has 0 bridgehead atoms. The van der Waals surface area contributed by atoms with Crippen LogP contribution in [0.5, 0.6) is 0 Å². The van der Waals surface area contributed by atoms with E-state index in [9.17, 15) is 4.79 Å². The molecule has 0 fully saturated rings. The van der Waals surface area contributed by atoms with E-state index in [2.05, 4.69) is 37.9 Å². The third kappa shape index (κ3) is 2.20. The molecule has 4 rings (SSSR count). The first-order chi connectivity index (χ1) is 10.8. The highest BCUT2D eigenvalue weighted by Gasteiger charge is 2.13. The summed E-state index contributed by atoms with van der Waals surface area (Å²) in [6.45, 7) is 0.430. The molecule has 1 aromatic carbocycles. The highest BCUT2D eigenvalue weighted by Crippen LogP contribution is 2.24. The van der Waals surface area contributed by atoms with Crippen LogP contribution < -0.4 is 10.7 Å². The number of amides is 2. The number of hydrogen-bond donors (Lipinski definition) is 3. The van der Waals surface area contributed by atoms with Crippen molar-refractivity contribution in [1.29, 1.82) is 0 Å². The number of fused-ring (bicyclic) bond motifs is 1. The van der Waals surface area contributed by atoms with Crippen molar-refractivity contribution in [3.63, 3.8) is 0 Å². The van der Waals surface area contributed by atoms with E-state index in [0.717, 1.165) is 33.4 Å². The zero-order chi connectivity index (χ0) is 14.9. The molecule has 6 heteroatoms. The third-order valence-corrected chi connectivity index (χ3v) is 3.65. The van der Waals surface area contributed by atoms with Gasteiger partial charge in [-0.3, -0.25) is 4.98 Å². The number of pyridine rings is 1. The second-order valence-corrected chi connectivity index (χ2v) is 5.07. The molecule has 2 amide bonds. The fourth-order valence-corrected chi connectivity index (χ4v) is 2.53. The van der Waals surface area contributed by atoms with Crippen molar-refractivity contribution in [3.05, 3.63) is 54.4 Å². The first-order valence-electron chi connectivity index (χ1n) is 6.93. The number of rotatable bonds is 2. The Morgan fingerprint density at radius 3 is 2.64 bits per heavy atom. The number of carbonyl (C=O) groups is 1. The number of hydrogen-bond acceptors (Lipinski definition) is 3. The number of carbonyl (C=O) groups excluding carboxylic acids is 1. The van der Waals surface area contributed by atoms with Crippen molar-refractivity contribution in [2.24, 2.45) is 5.10 Å². The van der Waals surface area contributed by atoms with Crippen molar-refractivity contribution in [1.82, 2.24) is 20.7 Å². The van der Waals surface area contributed by atoms with Crippen molar-refractivity contribution in [2.45, 2.75) is 0 Å². The summed E-state index contributed by atoms with van der Waals surface area (Å²) in [5.74, 6) is 0. The molecule has 6 nitrogen and oxygen atoms in total. The van der Waals surface area contributed by atoms with Crippen LogP contribution in [0.4, 0.5) is 4.79 Å². The highest BCUT2D eigenvalue weighted by molar-refractivity contribution is 6.07. The molecule has 0 spiro atoms. The first kappa shape index (κ1) is 12.6. The maximum Gasteiger partial charge on any atom is 0.335 e. The van der Waals surface area contributed by atoms with Gasteiger partial charge in [0.05, 0.1) is 12.3 Å². The number of hydrazone groups is 1. The maximum absolute atomic E-state index is 11.1. The van der Waals surface area contributed by atoms with Crippen molar-refractivity contribution < 1.29 is 4.79 Å². The smallest absolute Gasteiger partial charge is 0.335 e. The number of aromatic nitrogens is 2. The molecule has 1 aliphatic rings. The third-order valence-electron chi connectivity index (χ3n) is 3.65. The van der Waals surface area contributed by atoms with Crippen molar-refractivity contribution in [3.8, 4) is 11.3 Å². The molecule has 0 atom stereocenters. The molecule has 3 aromatic rings. The summed E-state index contributed by atoms with van der Waals surface area (Å²) in [4.78, 5) is 18.5. The van der Waals surface area contributed by atoms with E-state index in [-0.39, 0.29) is 6.03 Å². The molecular weight excluding hydrogens is 278 g/mol. The van der Waals surface area contributed by atoms with Gasteiger partial charge >= 0.3 is 6.03 Å². The Labute approximate surface area is 126 Å². The number of nitrogens with one attached hydrogen (secondary N) is 3. The standard InChI is InChI=1S/C16H13N5O/c22-16-18-9-15(20-21-16)11-1-2-13-12(7-11)8-14(19-13)10-3-5-17-6-4-10/h1-8,19H,9H2,(H2,18,21,22). The Morgan fingerprint density at radius 2 is 1.86 bits per heavy atom. The van der Waals surface area contributed by atoms with E-state index >= 15 is 0 Å². The molecule has 22 heavy (non-hydrogen) atoms. The molecule has 0 radical (unpaired) electrons. The predicted octanol–water partition coefficient (Wildman–Crippen LogP) is 2.25. The van der Waals surface area contributed by atoms with Crippen LogP contribution in [0.1, 0.15) is 5.56 Å². The summed E-state index contributed by atoms with van der Waals surface area (Å²) >= 11 is 0. The summed E-state index contributed by atoms with van der Waals surface area (Å²) in [5, 5.41) is 7.90. The lowest BCUT2D eigenvalue weighted by atomic mass is 10.1. The minimum atomic E-state index is -0.272. The lowest BCUT2D eigenvalue weighted by Gasteiger charge is -2.13. The van der Waals surface area contributed by atoms with Crippen LogP contribution in [-0.4, -0.2) is 28.3 Å². The summed E-state index contributed by atoms with van der Waals surface area (Å²) in [7, 11) is 0. The van der Waals surface area contributed by atoms with Crippen LogP contribution in [0, 0.1) is 0 Å². The van der Waals surface area contributed by atoms with E-state index < -0.39 is 0 Å². The average Bonchev–Trinajstić information content (AvgIpc) is 2.99. The molecule has 3 N–H and O–H groups in total. The lowest BCUT2D eigenvalue weighted by molar-refractivity contribution is 0.241. The van der Waals surface area contributed by atoms with Gasteiger partial charge < -0.3 is 10.3 Å². The quantitative estimate of drug-likeness (QED) is 0.676. The number of urea groups is 1. The van der Waals surface area contributed by atoms with E-state index in [4.69, 9.17) is 0 Å². The van der Waals surface area contributed by atoms with Gasteiger partial charge in [-0.05, 0) is 30.3 Å². The molecule has 0 saturated carbocycles. The second-order valence-electron chi connectivity index (χ2n) is 5.07. The largest absolute Gasteiger partial charge is 0.355 e. The van der Waals surface area contributed by atoms with Gasteiger partial charge in [-0.2, -0.15) is 5.10 Å². The van der Waals surface area contributed by atoms with Gasteiger partial charge in [0.2, 0.25) is 0 Å². The van der Waals surface area contributed by atoms with E-state index in [1.165, 1.54) is 0 Å². The normalized spacial score (nSPS) is 14.4. The van der Waals surface area contributed by atoms with Gasteiger partial charge in [-0.25, -0.2) is 10.2 Å². The predicted molar refractivity (Wildman–Crippen MR) is 84.6 cm³/mol. The molecule has 0 saturated heterocycles. The number of benzene rings is 1. The Kier molecular flexibility index (Phi) is 2.86. The summed E-state index contributed by atoms with van der Waals surface area (Å²) in [5.41, 5.74) is 7.43. The van der Waals surface area contributed by atoms with Crippen LogP contribution in [0.15, 0.2) is 53.9 Å². The number of aromatic amines is 1. The molecule has 0 unspecified atom stereocenters. The Bertz CT molecular complexity index is 882. The molecular formula is C16H13N5O. The van der Waals surface area contributed by atoms with Crippen molar-refractivity contribution in [2.75, 3.05) is 6.54 Å². The van der Waals surface area contributed by atoms with Crippen LogP contribution in [0.25, 0.3) is 22.2 Å². The molecule has 2 aromatic heterocycles. The van der Waals surface area contributed by atoms with Gasteiger partial charge in [0.1, 0.15) is 0 Å². The SMILES string of the molecule is O=C1NCC(c2ccc3[nH]c(-c4ccncc4)cc3c2)=NN1. The van der Waals surface area contributed by atoms with Gasteiger partial charge in [-0.1, -0.05) is 6.07 Å². The zero-order valence-electron chi connectivity index (χ0n) is 11.6. The Morgan fingerprint density at radius 1 is 1.00 bits per heavy atom. The van der Waals surface area contributed by atoms with Crippen molar-refractivity contribution >= 4 is 22.6 Å².